The average molecular weight is 466 g/mol. The number of piperazine rings is 1. The minimum absolute atomic E-state index is 0.145. The van der Waals surface area contributed by atoms with Crippen molar-refractivity contribution in [2.45, 2.75) is 39.1 Å². The van der Waals surface area contributed by atoms with Gasteiger partial charge in [0.25, 0.3) is 0 Å². The second-order valence-corrected chi connectivity index (χ2v) is 9.14. The van der Waals surface area contributed by atoms with Crippen LogP contribution in [-0.4, -0.2) is 57.5 Å². The van der Waals surface area contributed by atoms with E-state index in [2.05, 4.69) is 58.4 Å². The van der Waals surface area contributed by atoms with Gasteiger partial charge in [-0.2, -0.15) is 0 Å². The molecule has 4 rings (SSSR count). The molecule has 0 bridgehead atoms. The van der Waals surface area contributed by atoms with E-state index in [1.165, 1.54) is 17.4 Å². The molecule has 1 amide bonds. The van der Waals surface area contributed by atoms with Gasteiger partial charge in [0.05, 0.1) is 5.75 Å². The fraction of sp³-hybridized carbons (Fsp3) is 0.400. The van der Waals surface area contributed by atoms with E-state index in [4.69, 9.17) is 4.74 Å². The Hall–Kier alpha value is -3.00. The van der Waals surface area contributed by atoms with Crippen LogP contribution in [0.1, 0.15) is 23.9 Å². The first kappa shape index (κ1) is 23.2. The molecule has 33 heavy (non-hydrogen) atoms. The summed E-state index contributed by atoms with van der Waals surface area (Å²) in [5.74, 6) is 2.14. The normalized spacial score (nSPS) is 13.9. The first-order valence-corrected chi connectivity index (χ1v) is 12.4. The monoisotopic (exact) mass is 465 g/mol. The standard InChI is InChI=1S/C25H31N5O2S/c1-4-30-23(17-32-22-16-19(2)10-11-20(22)3)26-27-25(30)33-18-24(31)29-14-12-28(13-15-29)21-8-6-5-7-9-21/h5-11,16H,4,12-15,17-18H2,1-3H3. The topological polar surface area (TPSA) is 63.5 Å². The SMILES string of the molecule is CCn1c(COc2cc(C)ccc2C)nnc1SCC(=O)N1CCN(c2ccccc2)CC1. The molecule has 1 aliphatic rings. The van der Waals surface area contributed by atoms with Crippen molar-refractivity contribution in [1.29, 1.82) is 0 Å². The molecule has 1 fully saturated rings. The molecule has 3 aromatic rings. The summed E-state index contributed by atoms with van der Waals surface area (Å²) < 4.78 is 8.04. The number of carbonyl (C=O) groups excluding carboxylic acids is 1. The van der Waals surface area contributed by atoms with Gasteiger partial charge in [-0.05, 0) is 50.1 Å². The molecular weight excluding hydrogens is 434 g/mol. The predicted octanol–water partition coefficient (Wildman–Crippen LogP) is 3.93. The van der Waals surface area contributed by atoms with Gasteiger partial charge in [0.15, 0.2) is 11.0 Å². The number of ether oxygens (including phenoxy) is 1. The molecule has 2 heterocycles. The molecule has 0 spiro atoms. The van der Waals surface area contributed by atoms with Gasteiger partial charge in [-0.25, -0.2) is 0 Å². The van der Waals surface area contributed by atoms with Crippen LogP contribution < -0.4 is 9.64 Å². The van der Waals surface area contributed by atoms with Crippen LogP contribution in [0, 0.1) is 13.8 Å². The van der Waals surface area contributed by atoms with Crippen LogP contribution in [0.3, 0.4) is 0 Å². The number of para-hydroxylation sites is 1. The molecule has 0 N–H and O–H groups in total. The number of aryl methyl sites for hydroxylation is 2. The van der Waals surface area contributed by atoms with Crippen LogP contribution in [0.2, 0.25) is 0 Å². The van der Waals surface area contributed by atoms with Gasteiger partial charge in [0.1, 0.15) is 12.4 Å². The molecule has 174 valence electrons. The molecule has 1 saturated heterocycles. The van der Waals surface area contributed by atoms with Gasteiger partial charge in [-0.3, -0.25) is 4.79 Å². The molecule has 0 unspecified atom stereocenters. The van der Waals surface area contributed by atoms with E-state index in [0.717, 1.165) is 60.6 Å². The highest BCUT2D eigenvalue weighted by Gasteiger charge is 2.22. The molecule has 7 nitrogen and oxygen atoms in total. The minimum Gasteiger partial charge on any atom is -0.485 e. The Morgan fingerprint density at radius 2 is 1.79 bits per heavy atom. The predicted molar refractivity (Wildman–Crippen MR) is 132 cm³/mol. The fourth-order valence-corrected chi connectivity index (χ4v) is 4.85. The molecule has 0 saturated carbocycles. The third-order valence-corrected chi connectivity index (χ3v) is 6.84. The van der Waals surface area contributed by atoms with E-state index in [1.54, 1.807) is 0 Å². The van der Waals surface area contributed by atoms with Crippen LogP contribution in [0.5, 0.6) is 5.75 Å². The average Bonchev–Trinajstić information content (AvgIpc) is 3.25. The molecule has 0 aliphatic carbocycles. The zero-order valence-corrected chi connectivity index (χ0v) is 20.3. The Morgan fingerprint density at radius 1 is 1.03 bits per heavy atom. The minimum atomic E-state index is 0.145. The van der Waals surface area contributed by atoms with Gasteiger partial charge < -0.3 is 19.1 Å². The van der Waals surface area contributed by atoms with E-state index < -0.39 is 0 Å². The first-order valence-electron chi connectivity index (χ1n) is 11.4. The number of thioether (sulfide) groups is 1. The molecule has 1 aromatic heterocycles. The fourth-order valence-electron chi connectivity index (χ4n) is 3.93. The number of amides is 1. The number of benzene rings is 2. The number of hydrogen-bond donors (Lipinski definition) is 0. The maximum atomic E-state index is 12.8. The lowest BCUT2D eigenvalue weighted by Crippen LogP contribution is -2.49. The summed E-state index contributed by atoms with van der Waals surface area (Å²) in [5, 5.41) is 9.41. The van der Waals surface area contributed by atoms with Crippen molar-refractivity contribution in [1.82, 2.24) is 19.7 Å². The second-order valence-electron chi connectivity index (χ2n) is 8.19. The van der Waals surface area contributed by atoms with E-state index in [9.17, 15) is 4.79 Å². The summed E-state index contributed by atoms with van der Waals surface area (Å²) in [4.78, 5) is 17.1. The second kappa shape index (κ2) is 10.7. The van der Waals surface area contributed by atoms with Crippen LogP contribution >= 0.6 is 11.8 Å². The third-order valence-electron chi connectivity index (χ3n) is 5.89. The quantitative estimate of drug-likeness (QED) is 0.470. The number of nitrogens with zero attached hydrogens (tertiary/aromatic N) is 5. The highest BCUT2D eigenvalue weighted by molar-refractivity contribution is 7.99. The van der Waals surface area contributed by atoms with Gasteiger partial charge >= 0.3 is 0 Å². The maximum Gasteiger partial charge on any atom is 0.233 e. The molecule has 1 aliphatic heterocycles. The Morgan fingerprint density at radius 3 is 2.52 bits per heavy atom. The van der Waals surface area contributed by atoms with E-state index in [-0.39, 0.29) is 5.91 Å². The van der Waals surface area contributed by atoms with Crippen molar-refractivity contribution < 1.29 is 9.53 Å². The Balaban J connectivity index is 1.30. The summed E-state index contributed by atoms with van der Waals surface area (Å²) >= 11 is 1.45. The van der Waals surface area contributed by atoms with Crippen molar-refractivity contribution in [3.63, 3.8) is 0 Å². The Bertz CT molecular complexity index is 1080. The highest BCUT2D eigenvalue weighted by atomic mass is 32.2. The Kier molecular flexibility index (Phi) is 7.54. The van der Waals surface area contributed by atoms with Crippen LogP contribution in [-0.2, 0) is 17.9 Å². The zero-order chi connectivity index (χ0) is 23.2. The van der Waals surface area contributed by atoms with Gasteiger partial charge in [0, 0.05) is 38.4 Å². The van der Waals surface area contributed by atoms with E-state index >= 15 is 0 Å². The number of aromatic nitrogens is 3. The summed E-state index contributed by atoms with van der Waals surface area (Å²) in [7, 11) is 0. The summed E-state index contributed by atoms with van der Waals surface area (Å²) in [6.45, 7) is 10.4. The summed E-state index contributed by atoms with van der Waals surface area (Å²) in [6.07, 6.45) is 0. The van der Waals surface area contributed by atoms with Crippen LogP contribution in [0.4, 0.5) is 5.69 Å². The number of anilines is 1. The van der Waals surface area contributed by atoms with Gasteiger partial charge in [0.2, 0.25) is 5.91 Å². The van der Waals surface area contributed by atoms with Crippen molar-refractivity contribution >= 4 is 23.4 Å². The van der Waals surface area contributed by atoms with E-state index in [1.807, 2.05) is 35.4 Å². The van der Waals surface area contributed by atoms with Crippen molar-refractivity contribution in [3.05, 3.63) is 65.5 Å². The third kappa shape index (κ3) is 5.68. The lowest BCUT2D eigenvalue weighted by Gasteiger charge is -2.36. The maximum absolute atomic E-state index is 12.8. The highest BCUT2D eigenvalue weighted by Crippen LogP contribution is 2.23. The van der Waals surface area contributed by atoms with Crippen molar-refractivity contribution in [2.75, 3.05) is 36.8 Å². The largest absolute Gasteiger partial charge is 0.485 e. The lowest BCUT2D eigenvalue weighted by molar-refractivity contribution is -0.128. The summed E-state index contributed by atoms with van der Waals surface area (Å²) in [5.41, 5.74) is 3.47. The smallest absolute Gasteiger partial charge is 0.233 e. The van der Waals surface area contributed by atoms with Crippen molar-refractivity contribution in [2.24, 2.45) is 0 Å². The molecule has 0 radical (unpaired) electrons. The number of carbonyl (C=O) groups is 1. The molecule has 8 heteroatoms. The van der Waals surface area contributed by atoms with E-state index in [0.29, 0.717) is 12.4 Å². The van der Waals surface area contributed by atoms with Gasteiger partial charge in [-0.1, -0.05) is 42.1 Å². The van der Waals surface area contributed by atoms with Crippen LogP contribution in [0.25, 0.3) is 0 Å². The first-order chi connectivity index (χ1) is 16.0. The van der Waals surface area contributed by atoms with Gasteiger partial charge in [-0.15, -0.1) is 10.2 Å². The Labute approximate surface area is 199 Å². The number of hydrogen-bond acceptors (Lipinski definition) is 6. The van der Waals surface area contributed by atoms with Crippen molar-refractivity contribution in [3.8, 4) is 5.75 Å². The summed E-state index contributed by atoms with van der Waals surface area (Å²) in [6, 6.07) is 16.5. The molecule has 2 aromatic carbocycles. The lowest BCUT2D eigenvalue weighted by atomic mass is 10.1. The van der Waals surface area contributed by atoms with Crippen LogP contribution in [0.15, 0.2) is 53.7 Å². The molecular formula is C25H31N5O2S. The zero-order valence-electron chi connectivity index (χ0n) is 19.5. The number of rotatable bonds is 8. The molecule has 0 atom stereocenters.